The van der Waals surface area contributed by atoms with E-state index in [4.69, 9.17) is 0 Å². The van der Waals surface area contributed by atoms with Gasteiger partial charge in [0.25, 0.3) is 0 Å². The molecule has 0 saturated heterocycles. The molecule has 2 rings (SSSR count). The van der Waals surface area contributed by atoms with E-state index in [1.807, 2.05) is 18.2 Å². The smallest absolute Gasteiger partial charge is 0.0579 e. The minimum Gasteiger partial charge on any atom is -0.306 e. The molecule has 1 atom stereocenters. The highest BCUT2D eigenvalue weighted by atomic mass is 14.9. The van der Waals surface area contributed by atoms with Crippen molar-refractivity contribution in [1.29, 1.82) is 0 Å². The lowest BCUT2D eigenvalue weighted by molar-refractivity contribution is 0.571. The second-order valence-electron chi connectivity index (χ2n) is 3.94. The summed E-state index contributed by atoms with van der Waals surface area (Å²) in [6.45, 7) is 8.79. The summed E-state index contributed by atoms with van der Waals surface area (Å²) in [5.41, 5.74) is 3.85. The largest absolute Gasteiger partial charge is 0.306 e. The van der Waals surface area contributed by atoms with Crippen LogP contribution >= 0.6 is 0 Å². The van der Waals surface area contributed by atoms with Crippen LogP contribution in [0.15, 0.2) is 66.8 Å². The molecule has 0 saturated carbocycles. The minimum atomic E-state index is 0.264. The number of rotatable bonds is 3. The minimum absolute atomic E-state index is 0.264. The molecule has 0 bridgehead atoms. The van der Waals surface area contributed by atoms with E-state index in [0.717, 1.165) is 13.0 Å². The zero-order valence-corrected chi connectivity index (χ0v) is 9.45. The molecule has 1 heterocycles. The number of benzene rings is 1. The summed E-state index contributed by atoms with van der Waals surface area (Å²) in [4.78, 5) is 0. The molecule has 0 aliphatic carbocycles. The molecular weight excluding hydrogens is 194 g/mol. The predicted octanol–water partition coefficient (Wildman–Crippen LogP) is 3.39. The maximum absolute atomic E-state index is 3.91. The summed E-state index contributed by atoms with van der Waals surface area (Å²) >= 11 is 0. The van der Waals surface area contributed by atoms with Crippen molar-refractivity contribution in [2.24, 2.45) is 0 Å². The Labute approximate surface area is 97.2 Å². The summed E-state index contributed by atoms with van der Waals surface area (Å²) in [6, 6.07) is 10.7. The van der Waals surface area contributed by atoms with Gasteiger partial charge in [-0.25, -0.2) is 0 Å². The van der Waals surface area contributed by atoms with Crippen LogP contribution in [0.1, 0.15) is 18.0 Å². The molecule has 0 radical (unpaired) electrons. The van der Waals surface area contributed by atoms with E-state index in [2.05, 4.69) is 42.7 Å². The second-order valence-corrected chi connectivity index (χ2v) is 3.94. The third kappa shape index (κ3) is 2.00. The van der Waals surface area contributed by atoms with E-state index in [1.54, 1.807) is 0 Å². The fourth-order valence-corrected chi connectivity index (χ4v) is 2.20. The summed E-state index contributed by atoms with van der Waals surface area (Å²) in [5.74, 6) is 0. The molecule has 82 valence electrons. The Morgan fingerprint density at radius 3 is 2.50 bits per heavy atom. The Hall–Kier alpha value is -1.60. The van der Waals surface area contributed by atoms with Gasteiger partial charge in [-0.15, -0.1) is 0 Å². The average Bonchev–Trinajstić information content (AvgIpc) is 2.38. The summed E-state index contributed by atoms with van der Waals surface area (Å²) in [5, 5.41) is 3.52. The Balaban J connectivity index is 2.41. The lowest BCUT2D eigenvalue weighted by Gasteiger charge is -2.27. The van der Waals surface area contributed by atoms with Gasteiger partial charge >= 0.3 is 0 Å². The lowest BCUT2D eigenvalue weighted by atomic mass is 9.90. The van der Waals surface area contributed by atoms with Crippen molar-refractivity contribution in [2.45, 2.75) is 12.5 Å². The zero-order chi connectivity index (χ0) is 11.4. The molecule has 0 fully saturated rings. The number of hydrogen-bond donors (Lipinski definition) is 1. The van der Waals surface area contributed by atoms with Gasteiger partial charge in [-0.05, 0) is 23.1 Å². The molecule has 1 aromatic rings. The van der Waals surface area contributed by atoms with Crippen LogP contribution in [0.2, 0.25) is 0 Å². The van der Waals surface area contributed by atoms with Gasteiger partial charge in [0.05, 0.1) is 6.04 Å². The number of hydrogen-bond acceptors (Lipinski definition) is 1. The topological polar surface area (TPSA) is 12.0 Å². The van der Waals surface area contributed by atoms with Crippen molar-refractivity contribution in [3.05, 3.63) is 72.4 Å². The van der Waals surface area contributed by atoms with Gasteiger partial charge in [0.15, 0.2) is 0 Å². The first-order chi connectivity index (χ1) is 7.86. The van der Waals surface area contributed by atoms with Crippen molar-refractivity contribution in [1.82, 2.24) is 5.32 Å². The molecule has 1 nitrogen and oxygen atoms in total. The average molecular weight is 211 g/mol. The Bertz CT molecular complexity index is 414. The van der Waals surface area contributed by atoms with Crippen LogP contribution in [0.3, 0.4) is 0 Å². The fraction of sp³-hybridized carbons (Fsp3) is 0.200. The van der Waals surface area contributed by atoms with E-state index in [-0.39, 0.29) is 6.04 Å². The molecule has 0 amide bonds. The second kappa shape index (κ2) is 4.95. The highest BCUT2D eigenvalue weighted by Crippen LogP contribution is 2.29. The third-order valence-electron chi connectivity index (χ3n) is 3.02. The van der Waals surface area contributed by atoms with Crippen LogP contribution in [0.4, 0.5) is 0 Å². The standard InChI is InChI=1S/C15H17N/c1-3-12-10-11-16-15(14(12)4-2)13-8-6-5-7-9-13/h3-9,15-16H,1-2,10-11H2/t15-/m0/s1. The lowest BCUT2D eigenvalue weighted by Crippen LogP contribution is -2.28. The van der Waals surface area contributed by atoms with Gasteiger partial charge in [-0.3, -0.25) is 0 Å². The van der Waals surface area contributed by atoms with Crippen molar-refractivity contribution in [3.8, 4) is 0 Å². The first-order valence-corrected chi connectivity index (χ1v) is 5.63. The van der Waals surface area contributed by atoms with Crippen LogP contribution < -0.4 is 5.32 Å². The highest BCUT2D eigenvalue weighted by Gasteiger charge is 2.20. The van der Waals surface area contributed by atoms with Gasteiger partial charge in [0, 0.05) is 6.54 Å². The molecular formula is C15H17N. The normalized spacial score (nSPS) is 20.6. The zero-order valence-electron chi connectivity index (χ0n) is 9.45. The van der Waals surface area contributed by atoms with Crippen LogP contribution in [0, 0.1) is 0 Å². The van der Waals surface area contributed by atoms with Crippen LogP contribution in [-0.2, 0) is 0 Å². The van der Waals surface area contributed by atoms with E-state index in [9.17, 15) is 0 Å². The van der Waals surface area contributed by atoms with Crippen molar-refractivity contribution in [3.63, 3.8) is 0 Å². The third-order valence-corrected chi connectivity index (χ3v) is 3.02. The summed E-state index contributed by atoms with van der Waals surface area (Å²) in [6.07, 6.45) is 4.93. The molecule has 1 N–H and O–H groups in total. The summed E-state index contributed by atoms with van der Waals surface area (Å²) in [7, 11) is 0. The highest BCUT2D eigenvalue weighted by molar-refractivity contribution is 5.42. The van der Waals surface area contributed by atoms with Crippen LogP contribution in [0.25, 0.3) is 0 Å². The van der Waals surface area contributed by atoms with E-state index in [1.165, 1.54) is 16.7 Å². The first-order valence-electron chi connectivity index (χ1n) is 5.63. The molecule has 0 unspecified atom stereocenters. The quantitative estimate of drug-likeness (QED) is 0.808. The molecule has 1 aliphatic rings. The van der Waals surface area contributed by atoms with E-state index < -0.39 is 0 Å². The van der Waals surface area contributed by atoms with Gasteiger partial charge in [0.1, 0.15) is 0 Å². The Morgan fingerprint density at radius 2 is 1.88 bits per heavy atom. The molecule has 1 heteroatoms. The Kier molecular flexibility index (Phi) is 3.37. The molecule has 0 spiro atoms. The van der Waals surface area contributed by atoms with E-state index >= 15 is 0 Å². The monoisotopic (exact) mass is 211 g/mol. The molecule has 1 aliphatic heterocycles. The van der Waals surface area contributed by atoms with Crippen molar-refractivity contribution < 1.29 is 0 Å². The van der Waals surface area contributed by atoms with Crippen LogP contribution in [0.5, 0.6) is 0 Å². The maximum atomic E-state index is 3.91. The molecule has 0 aromatic heterocycles. The van der Waals surface area contributed by atoms with Gasteiger partial charge in [-0.1, -0.05) is 55.6 Å². The van der Waals surface area contributed by atoms with Gasteiger partial charge in [0.2, 0.25) is 0 Å². The maximum Gasteiger partial charge on any atom is 0.0579 e. The number of allylic oxidation sites excluding steroid dienone is 1. The SMILES string of the molecule is C=CC1=C(C=C)[C@H](c2ccccc2)NCC1. The first kappa shape index (κ1) is 10.9. The van der Waals surface area contributed by atoms with Gasteiger partial charge < -0.3 is 5.32 Å². The summed E-state index contributed by atoms with van der Waals surface area (Å²) < 4.78 is 0. The fourth-order valence-electron chi connectivity index (χ4n) is 2.20. The Morgan fingerprint density at radius 1 is 1.12 bits per heavy atom. The predicted molar refractivity (Wildman–Crippen MR) is 69.2 cm³/mol. The molecule has 1 aromatic carbocycles. The van der Waals surface area contributed by atoms with Crippen LogP contribution in [-0.4, -0.2) is 6.54 Å². The van der Waals surface area contributed by atoms with Crippen molar-refractivity contribution >= 4 is 0 Å². The molecule has 16 heavy (non-hydrogen) atoms. The van der Waals surface area contributed by atoms with Crippen molar-refractivity contribution in [2.75, 3.05) is 6.54 Å². The van der Waals surface area contributed by atoms with E-state index in [0.29, 0.717) is 0 Å². The number of nitrogens with one attached hydrogen (secondary N) is 1. The van der Waals surface area contributed by atoms with Gasteiger partial charge in [-0.2, -0.15) is 0 Å².